The van der Waals surface area contributed by atoms with Crippen molar-refractivity contribution in [3.63, 3.8) is 0 Å². The van der Waals surface area contributed by atoms with Gasteiger partial charge in [0.15, 0.2) is 5.82 Å². The van der Waals surface area contributed by atoms with Crippen molar-refractivity contribution in [3.05, 3.63) is 89.9 Å². The number of fused-ring (bicyclic) bond motifs is 2. The summed E-state index contributed by atoms with van der Waals surface area (Å²) in [6.07, 6.45) is 2.23. The standard InChI is InChI=1S/C34H32N8O5/c1-34(2,3)28-16-29(40-39-28)37-33(46)36-20-4-6-21(7-5-20)42-18-35-25-15-23(9-11-26(25)42)47-22-8-10-24-19(14-22)17-41(32(24)45)27-12-13-30(43)38-31(27)44/h4-11,14-16,18,27H,12-13,17H2,1-3H3,(H,38,43,44)(H3,36,37,39,40,46). The van der Waals surface area contributed by atoms with E-state index in [1.54, 1.807) is 24.5 Å². The van der Waals surface area contributed by atoms with E-state index in [0.717, 1.165) is 28.0 Å². The number of aromatic nitrogens is 4. The van der Waals surface area contributed by atoms with Gasteiger partial charge < -0.3 is 15.0 Å². The van der Waals surface area contributed by atoms with Crippen molar-refractivity contribution < 1.29 is 23.9 Å². The van der Waals surface area contributed by atoms with Gasteiger partial charge in [-0.2, -0.15) is 5.10 Å². The number of hydrogen-bond acceptors (Lipinski definition) is 7. The molecule has 2 aromatic heterocycles. The highest BCUT2D eigenvalue weighted by Gasteiger charge is 2.39. The number of nitrogens with zero attached hydrogens (tertiary/aromatic N) is 4. The minimum atomic E-state index is -0.670. The molecule has 2 aliphatic rings. The number of H-pyrrole nitrogens is 1. The largest absolute Gasteiger partial charge is 0.457 e. The average molecular weight is 633 g/mol. The van der Waals surface area contributed by atoms with Crippen LogP contribution in [-0.2, 0) is 21.5 Å². The van der Waals surface area contributed by atoms with Gasteiger partial charge in [-0.1, -0.05) is 20.8 Å². The summed E-state index contributed by atoms with van der Waals surface area (Å²) in [6.45, 7) is 6.45. The number of anilines is 2. The van der Waals surface area contributed by atoms with Gasteiger partial charge in [0.1, 0.15) is 23.9 Å². The minimum Gasteiger partial charge on any atom is -0.457 e. The third kappa shape index (κ3) is 5.90. The zero-order chi connectivity index (χ0) is 32.9. The monoisotopic (exact) mass is 632 g/mol. The predicted octanol–water partition coefficient (Wildman–Crippen LogP) is 5.24. The zero-order valence-corrected chi connectivity index (χ0v) is 26.0. The lowest BCUT2D eigenvalue weighted by Crippen LogP contribution is -2.52. The fraction of sp³-hybridized carbons (Fsp3) is 0.235. The first-order chi connectivity index (χ1) is 22.5. The Hall–Kier alpha value is -5.98. The number of imide groups is 1. The second kappa shape index (κ2) is 11.4. The molecule has 4 N–H and O–H groups in total. The Morgan fingerprint density at radius 1 is 0.957 bits per heavy atom. The van der Waals surface area contributed by atoms with Gasteiger partial charge in [0.2, 0.25) is 11.8 Å². The minimum absolute atomic E-state index is 0.110. The van der Waals surface area contributed by atoms with Crippen molar-refractivity contribution in [1.82, 2.24) is 30.0 Å². The van der Waals surface area contributed by atoms with Gasteiger partial charge in [0.25, 0.3) is 5.91 Å². The number of rotatable bonds is 6. The molecule has 47 heavy (non-hydrogen) atoms. The van der Waals surface area contributed by atoms with E-state index in [9.17, 15) is 19.2 Å². The third-order valence-corrected chi connectivity index (χ3v) is 8.28. The van der Waals surface area contributed by atoms with Crippen molar-refractivity contribution in [1.29, 1.82) is 0 Å². The molecule has 1 fully saturated rings. The third-order valence-electron chi connectivity index (χ3n) is 8.28. The highest BCUT2D eigenvalue weighted by atomic mass is 16.5. The maximum absolute atomic E-state index is 13.0. The lowest BCUT2D eigenvalue weighted by atomic mass is 9.92. The Labute approximate surface area is 269 Å². The van der Waals surface area contributed by atoms with Crippen molar-refractivity contribution in [2.75, 3.05) is 10.6 Å². The highest BCUT2D eigenvalue weighted by molar-refractivity contribution is 6.05. The van der Waals surface area contributed by atoms with Gasteiger partial charge >= 0.3 is 6.03 Å². The fourth-order valence-corrected chi connectivity index (χ4v) is 5.77. The summed E-state index contributed by atoms with van der Waals surface area (Å²) in [5.74, 6) is 0.577. The molecule has 3 aromatic carbocycles. The second-order valence-electron chi connectivity index (χ2n) is 12.6. The zero-order valence-electron chi connectivity index (χ0n) is 26.0. The van der Waals surface area contributed by atoms with E-state index in [0.29, 0.717) is 35.0 Å². The van der Waals surface area contributed by atoms with Gasteiger partial charge in [-0.25, -0.2) is 9.78 Å². The van der Waals surface area contributed by atoms with Crippen molar-refractivity contribution >= 4 is 46.3 Å². The Morgan fingerprint density at radius 3 is 2.47 bits per heavy atom. The quantitative estimate of drug-likeness (QED) is 0.186. The summed E-state index contributed by atoms with van der Waals surface area (Å²) < 4.78 is 8.07. The molecule has 238 valence electrons. The van der Waals surface area contributed by atoms with Crippen molar-refractivity contribution in [2.45, 2.75) is 51.6 Å². The van der Waals surface area contributed by atoms with Crippen LogP contribution in [0, 0.1) is 0 Å². The Morgan fingerprint density at radius 2 is 1.72 bits per heavy atom. The van der Waals surface area contributed by atoms with E-state index in [1.807, 2.05) is 53.1 Å². The van der Waals surface area contributed by atoms with E-state index < -0.39 is 18.0 Å². The number of amides is 5. The molecule has 7 rings (SSSR count). The number of urea groups is 1. The molecule has 4 heterocycles. The number of aromatic amines is 1. The van der Waals surface area contributed by atoms with Crippen LogP contribution < -0.4 is 20.7 Å². The first kappa shape index (κ1) is 29.7. The van der Waals surface area contributed by atoms with Crippen LogP contribution in [-0.4, -0.2) is 54.4 Å². The molecule has 13 heteroatoms. The number of carbonyl (C=O) groups excluding carboxylic acids is 4. The molecule has 5 amide bonds. The summed E-state index contributed by atoms with van der Waals surface area (Å²) in [4.78, 5) is 55.5. The lowest BCUT2D eigenvalue weighted by Gasteiger charge is -2.29. The number of carbonyl (C=O) groups is 4. The number of ether oxygens (including phenoxy) is 1. The predicted molar refractivity (Wildman–Crippen MR) is 174 cm³/mol. The van der Waals surface area contributed by atoms with Gasteiger partial charge in [-0.15, -0.1) is 0 Å². The molecule has 5 aromatic rings. The molecule has 0 aliphatic carbocycles. The maximum atomic E-state index is 13.0. The Kier molecular flexibility index (Phi) is 7.23. The number of benzene rings is 3. The molecular weight excluding hydrogens is 600 g/mol. The number of nitrogens with one attached hydrogen (secondary N) is 4. The summed E-state index contributed by atoms with van der Waals surface area (Å²) in [6, 6.07) is 19.0. The summed E-state index contributed by atoms with van der Waals surface area (Å²) in [5, 5.41) is 15.0. The Bertz CT molecular complexity index is 2060. The van der Waals surface area contributed by atoms with E-state index in [1.165, 1.54) is 4.90 Å². The van der Waals surface area contributed by atoms with E-state index in [4.69, 9.17) is 4.74 Å². The van der Waals surface area contributed by atoms with Gasteiger partial charge in [-0.05, 0) is 66.6 Å². The molecule has 0 saturated carbocycles. The van der Waals surface area contributed by atoms with Crippen LogP contribution >= 0.6 is 0 Å². The molecule has 0 spiro atoms. The molecule has 13 nitrogen and oxygen atoms in total. The SMILES string of the molecule is CC(C)(C)c1cc(NC(=O)Nc2ccc(-n3cnc4cc(Oc5ccc6c(c5)CN(C5CCC(=O)NC5=O)C6=O)ccc43)cc2)n[nH]1. The van der Waals surface area contributed by atoms with Crippen LogP contribution in [0.15, 0.2) is 73.1 Å². The highest BCUT2D eigenvalue weighted by Crippen LogP contribution is 2.33. The molecule has 1 saturated heterocycles. The first-order valence-electron chi connectivity index (χ1n) is 15.2. The van der Waals surface area contributed by atoms with Gasteiger partial charge in [0, 0.05) is 53.1 Å². The van der Waals surface area contributed by atoms with E-state index in [2.05, 4.69) is 51.9 Å². The second-order valence-corrected chi connectivity index (χ2v) is 12.6. The number of imidazole rings is 1. The molecule has 2 aliphatic heterocycles. The smallest absolute Gasteiger partial charge is 0.324 e. The van der Waals surface area contributed by atoms with Crippen LogP contribution in [0.5, 0.6) is 11.5 Å². The van der Waals surface area contributed by atoms with Crippen LogP contribution in [0.1, 0.15) is 55.2 Å². The normalized spacial score (nSPS) is 16.3. The van der Waals surface area contributed by atoms with E-state index in [-0.39, 0.29) is 30.2 Å². The van der Waals surface area contributed by atoms with Crippen LogP contribution in [0.3, 0.4) is 0 Å². The molecule has 0 radical (unpaired) electrons. The topological polar surface area (TPSA) is 163 Å². The summed E-state index contributed by atoms with van der Waals surface area (Å²) in [5.41, 5.74) is 5.15. The first-order valence-corrected chi connectivity index (χ1v) is 15.2. The van der Waals surface area contributed by atoms with Crippen LogP contribution in [0.25, 0.3) is 16.7 Å². The van der Waals surface area contributed by atoms with Gasteiger partial charge in [-0.3, -0.25) is 34.7 Å². The summed E-state index contributed by atoms with van der Waals surface area (Å²) in [7, 11) is 0. The number of piperidine rings is 1. The molecule has 0 bridgehead atoms. The van der Waals surface area contributed by atoms with Gasteiger partial charge in [0.05, 0.1) is 11.0 Å². The van der Waals surface area contributed by atoms with Crippen molar-refractivity contribution in [3.8, 4) is 17.2 Å². The van der Waals surface area contributed by atoms with Crippen LogP contribution in [0.2, 0.25) is 0 Å². The van der Waals surface area contributed by atoms with Crippen LogP contribution in [0.4, 0.5) is 16.3 Å². The molecule has 1 unspecified atom stereocenters. The molecular formula is C34H32N8O5. The van der Waals surface area contributed by atoms with E-state index >= 15 is 0 Å². The summed E-state index contributed by atoms with van der Waals surface area (Å²) >= 11 is 0. The maximum Gasteiger partial charge on any atom is 0.324 e. The Balaban J connectivity index is 1.00. The lowest BCUT2D eigenvalue weighted by molar-refractivity contribution is -0.136. The number of hydrogen-bond donors (Lipinski definition) is 4. The fourth-order valence-electron chi connectivity index (χ4n) is 5.77. The molecule has 1 atom stereocenters. The van der Waals surface area contributed by atoms with Crippen molar-refractivity contribution in [2.24, 2.45) is 0 Å². The average Bonchev–Trinajstić information content (AvgIpc) is 3.75.